The van der Waals surface area contributed by atoms with Gasteiger partial charge < -0.3 is 15.0 Å². The maximum atomic E-state index is 12.0. The number of carbonyl (C=O) groups excluding carboxylic acids is 2. The van der Waals surface area contributed by atoms with Crippen LogP contribution >= 0.6 is 0 Å². The Hall–Kier alpha value is -1.92. The van der Waals surface area contributed by atoms with E-state index in [9.17, 15) is 9.59 Å². The van der Waals surface area contributed by atoms with E-state index in [4.69, 9.17) is 4.74 Å². The Balaban J connectivity index is 1.90. The van der Waals surface area contributed by atoms with Gasteiger partial charge in [-0.1, -0.05) is 12.1 Å². The van der Waals surface area contributed by atoms with E-state index in [2.05, 4.69) is 10.6 Å². The minimum atomic E-state index is -0.565. The standard InChI is InChI=1S/C14H17N3O3/c1-10(18)16-12-4-2-11(3-5-12)14-9-20-8-13(19)17(14)7-6-15-14/h2-5,15H,6-9H2,1H3,(H,16,18). The lowest BCUT2D eigenvalue weighted by molar-refractivity contribution is -0.156. The minimum Gasteiger partial charge on any atom is -0.367 e. The van der Waals surface area contributed by atoms with Crippen LogP contribution in [0.25, 0.3) is 0 Å². The van der Waals surface area contributed by atoms with E-state index in [-0.39, 0.29) is 18.4 Å². The molecule has 2 amide bonds. The van der Waals surface area contributed by atoms with Crippen molar-refractivity contribution in [1.82, 2.24) is 10.2 Å². The van der Waals surface area contributed by atoms with E-state index in [1.54, 1.807) is 0 Å². The van der Waals surface area contributed by atoms with E-state index in [1.165, 1.54) is 6.92 Å². The third-order valence-electron chi connectivity index (χ3n) is 3.73. The van der Waals surface area contributed by atoms with Crippen LogP contribution in [0.5, 0.6) is 0 Å². The first-order chi connectivity index (χ1) is 9.62. The zero-order chi connectivity index (χ0) is 14.2. The molecule has 2 fully saturated rings. The van der Waals surface area contributed by atoms with Gasteiger partial charge in [-0.2, -0.15) is 0 Å². The molecular weight excluding hydrogens is 258 g/mol. The summed E-state index contributed by atoms with van der Waals surface area (Å²) < 4.78 is 5.42. The zero-order valence-electron chi connectivity index (χ0n) is 11.3. The molecule has 2 aliphatic rings. The maximum Gasteiger partial charge on any atom is 0.250 e. The summed E-state index contributed by atoms with van der Waals surface area (Å²) in [4.78, 5) is 24.8. The molecule has 1 unspecified atom stereocenters. The highest BCUT2D eigenvalue weighted by atomic mass is 16.5. The molecule has 0 bridgehead atoms. The highest BCUT2D eigenvalue weighted by Gasteiger charge is 2.47. The summed E-state index contributed by atoms with van der Waals surface area (Å²) in [7, 11) is 0. The van der Waals surface area contributed by atoms with Crippen molar-refractivity contribution in [3.8, 4) is 0 Å². The lowest BCUT2D eigenvalue weighted by Crippen LogP contribution is -2.58. The molecule has 0 radical (unpaired) electrons. The monoisotopic (exact) mass is 275 g/mol. The van der Waals surface area contributed by atoms with Gasteiger partial charge in [0.2, 0.25) is 11.8 Å². The summed E-state index contributed by atoms with van der Waals surface area (Å²) in [5.41, 5.74) is 1.15. The fourth-order valence-electron chi connectivity index (χ4n) is 2.87. The third kappa shape index (κ3) is 2.07. The molecule has 2 saturated heterocycles. The summed E-state index contributed by atoms with van der Waals surface area (Å²) in [5.74, 6) is -0.0973. The Morgan fingerprint density at radius 2 is 2.15 bits per heavy atom. The van der Waals surface area contributed by atoms with Crippen LogP contribution in [0.3, 0.4) is 0 Å². The topological polar surface area (TPSA) is 70.7 Å². The van der Waals surface area contributed by atoms with Gasteiger partial charge in [0.1, 0.15) is 12.3 Å². The van der Waals surface area contributed by atoms with E-state index in [0.717, 1.165) is 17.8 Å². The lowest BCUT2D eigenvalue weighted by atomic mass is 9.98. The Labute approximate surface area is 117 Å². The fourth-order valence-corrected chi connectivity index (χ4v) is 2.87. The van der Waals surface area contributed by atoms with Crippen molar-refractivity contribution < 1.29 is 14.3 Å². The van der Waals surface area contributed by atoms with Gasteiger partial charge in [0, 0.05) is 25.7 Å². The summed E-state index contributed by atoms with van der Waals surface area (Å²) in [5, 5.41) is 6.10. The molecule has 0 spiro atoms. The summed E-state index contributed by atoms with van der Waals surface area (Å²) >= 11 is 0. The first-order valence-electron chi connectivity index (χ1n) is 6.63. The quantitative estimate of drug-likeness (QED) is 0.812. The predicted octanol–water partition coefficient (Wildman–Crippen LogP) is 0.260. The normalized spacial score (nSPS) is 25.4. The molecule has 20 heavy (non-hydrogen) atoms. The Morgan fingerprint density at radius 3 is 2.85 bits per heavy atom. The molecule has 6 heteroatoms. The molecule has 2 aliphatic heterocycles. The largest absolute Gasteiger partial charge is 0.367 e. The van der Waals surface area contributed by atoms with Crippen molar-refractivity contribution in [1.29, 1.82) is 0 Å². The SMILES string of the molecule is CC(=O)Nc1ccc(C23COCC(=O)N2CCN3)cc1. The highest BCUT2D eigenvalue weighted by Crippen LogP contribution is 2.33. The summed E-state index contributed by atoms with van der Waals surface area (Å²) in [6, 6.07) is 7.50. The van der Waals surface area contributed by atoms with Crippen LogP contribution in [0, 0.1) is 0 Å². The number of fused-ring (bicyclic) bond motifs is 1. The predicted molar refractivity (Wildman–Crippen MR) is 73.0 cm³/mol. The lowest BCUT2D eigenvalue weighted by Gasteiger charge is -2.41. The zero-order valence-corrected chi connectivity index (χ0v) is 11.3. The van der Waals surface area contributed by atoms with Crippen LogP contribution < -0.4 is 10.6 Å². The summed E-state index contributed by atoms with van der Waals surface area (Å²) in [6.07, 6.45) is 0. The van der Waals surface area contributed by atoms with Crippen molar-refractivity contribution in [2.45, 2.75) is 12.6 Å². The number of nitrogens with zero attached hydrogens (tertiary/aromatic N) is 1. The average molecular weight is 275 g/mol. The number of amides is 2. The van der Waals surface area contributed by atoms with Crippen molar-refractivity contribution in [2.75, 3.05) is 31.6 Å². The summed E-state index contributed by atoms with van der Waals surface area (Å²) in [6.45, 7) is 3.50. The number of ether oxygens (including phenoxy) is 1. The van der Waals surface area contributed by atoms with Gasteiger partial charge in [0.25, 0.3) is 0 Å². The molecule has 6 nitrogen and oxygen atoms in total. The molecule has 1 aromatic rings. The smallest absolute Gasteiger partial charge is 0.250 e. The van der Waals surface area contributed by atoms with Gasteiger partial charge in [-0.05, 0) is 17.7 Å². The first-order valence-corrected chi connectivity index (χ1v) is 6.63. The minimum absolute atomic E-state index is 0.00666. The Bertz CT molecular complexity index is 543. The third-order valence-corrected chi connectivity index (χ3v) is 3.73. The molecule has 0 aliphatic carbocycles. The Morgan fingerprint density at radius 1 is 1.40 bits per heavy atom. The number of nitrogens with one attached hydrogen (secondary N) is 2. The van der Waals surface area contributed by atoms with Gasteiger partial charge >= 0.3 is 0 Å². The van der Waals surface area contributed by atoms with Gasteiger partial charge in [0.15, 0.2) is 0 Å². The number of morpholine rings is 1. The number of benzene rings is 1. The van der Waals surface area contributed by atoms with E-state index in [1.807, 2.05) is 29.2 Å². The van der Waals surface area contributed by atoms with E-state index >= 15 is 0 Å². The molecule has 0 saturated carbocycles. The van der Waals surface area contributed by atoms with Gasteiger partial charge in [-0.3, -0.25) is 14.9 Å². The first kappa shape index (κ1) is 13.1. The fraction of sp³-hybridized carbons (Fsp3) is 0.429. The molecule has 1 atom stereocenters. The molecule has 0 aromatic heterocycles. The maximum absolute atomic E-state index is 12.0. The van der Waals surface area contributed by atoms with Gasteiger partial charge in [0.05, 0.1) is 6.61 Å². The Kier molecular flexibility index (Phi) is 3.19. The number of rotatable bonds is 2. The van der Waals surface area contributed by atoms with Gasteiger partial charge in [-0.15, -0.1) is 0 Å². The van der Waals surface area contributed by atoms with Crippen molar-refractivity contribution in [3.63, 3.8) is 0 Å². The van der Waals surface area contributed by atoms with Crippen LogP contribution in [0.15, 0.2) is 24.3 Å². The second-order valence-corrected chi connectivity index (χ2v) is 5.08. The van der Waals surface area contributed by atoms with E-state index < -0.39 is 5.66 Å². The number of carbonyl (C=O) groups is 2. The highest BCUT2D eigenvalue weighted by molar-refractivity contribution is 5.88. The van der Waals surface area contributed by atoms with Crippen LogP contribution in [-0.2, 0) is 20.0 Å². The number of hydrogen-bond acceptors (Lipinski definition) is 4. The van der Waals surface area contributed by atoms with Crippen LogP contribution in [0.4, 0.5) is 5.69 Å². The molecule has 2 heterocycles. The molecule has 1 aromatic carbocycles. The number of anilines is 1. The molecule has 2 N–H and O–H groups in total. The van der Waals surface area contributed by atoms with Gasteiger partial charge in [-0.25, -0.2) is 0 Å². The van der Waals surface area contributed by atoms with Crippen LogP contribution in [0.2, 0.25) is 0 Å². The van der Waals surface area contributed by atoms with Crippen molar-refractivity contribution >= 4 is 17.5 Å². The van der Waals surface area contributed by atoms with Crippen molar-refractivity contribution in [2.24, 2.45) is 0 Å². The number of hydrogen-bond donors (Lipinski definition) is 2. The second-order valence-electron chi connectivity index (χ2n) is 5.08. The second kappa shape index (κ2) is 4.88. The molecular formula is C14H17N3O3. The van der Waals surface area contributed by atoms with E-state index in [0.29, 0.717) is 13.2 Å². The van der Waals surface area contributed by atoms with Crippen molar-refractivity contribution in [3.05, 3.63) is 29.8 Å². The van der Waals surface area contributed by atoms with Crippen LogP contribution in [0.1, 0.15) is 12.5 Å². The average Bonchev–Trinajstić information content (AvgIpc) is 2.85. The van der Waals surface area contributed by atoms with Crippen LogP contribution in [-0.4, -0.2) is 43.0 Å². The molecule has 3 rings (SSSR count). The molecule has 106 valence electrons.